The molecule has 0 atom stereocenters. The van der Waals surface area contributed by atoms with E-state index >= 15 is 0 Å². The average molecular weight is 492 g/mol. The molecule has 1 fully saturated rings. The number of benzene rings is 1. The zero-order valence-corrected chi connectivity index (χ0v) is 18.3. The summed E-state index contributed by atoms with van der Waals surface area (Å²) in [6.45, 7) is 6.53. The molecule has 0 saturated carbocycles. The van der Waals surface area contributed by atoms with E-state index in [1.165, 1.54) is 4.88 Å². The summed E-state index contributed by atoms with van der Waals surface area (Å²) >= 11 is 7.99. The van der Waals surface area contributed by atoms with Gasteiger partial charge in [-0.1, -0.05) is 23.7 Å². The number of rotatable bonds is 3. The quantitative estimate of drug-likeness (QED) is 0.405. The fraction of sp³-hybridized carbons (Fsp3) is 0.412. The van der Waals surface area contributed by atoms with E-state index in [4.69, 9.17) is 11.6 Å². The second-order valence-corrected chi connectivity index (χ2v) is 7.03. The largest absolute Gasteiger partial charge is 0.367 e. The zero-order chi connectivity index (χ0) is 16.9. The lowest BCUT2D eigenvalue weighted by Gasteiger charge is -2.38. The Hall–Kier alpha value is -1.06. The molecule has 3 rings (SSSR count). The van der Waals surface area contributed by atoms with Gasteiger partial charge in [-0.2, -0.15) is 0 Å². The van der Waals surface area contributed by atoms with Gasteiger partial charge in [0.05, 0.1) is 28.5 Å². The van der Waals surface area contributed by atoms with Gasteiger partial charge in [-0.25, -0.2) is 4.98 Å². The monoisotopic (exact) mass is 491 g/mol. The second-order valence-electron chi connectivity index (χ2n) is 5.69. The van der Waals surface area contributed by atoms with Crippen LogP contribution in [0.5, 0.6) is 0 Å². The van der Waals surface area contributed by atoms with Gasteiger partial charge in [-0.3, -0.25) is 4.99 Å². The Bertz CT molecular complexity index is 713. The lowest BCUT2D eigenvalue weighted by molar-refractivity contribution is 0.372. The number of nitrogens with zero attached hydrogens (tertiary/aromatic N) is 4. The number of guanidine groups is 1. The van der Waals surface area contributed by atoms with Crippen LogP contribution in [0.3, 0.4) is 0 Å². The van der Waals surface area contributed by atoms with Crippen molar-refractivity contribution < 1.29 is 0 Å². The number of anilines is 1. The van der Waals surface area contributed by atoms with E-state index in [1.54, 1.807) is 11.3 Å². The van der Waals surface area contributed by atoms with Crippen molar-refractivity contribution in [3.05, 3.63) is 45.4 Å². The summed E-state index contributed by atoms with van der Waals surface area (Å²) in [4.78, 5) is 14.6. The lowest BCUT2D eigenvalue weighted by Crippen LogP contribution is -2.52. The average Bonchev–Trinajstić information content (AvgIpc) is 3.02. The molecule has 136 valence electrons. The number of hydrogen-bond acceptors (Lipinski definition) is 4. The summed E-state index contributed by atoms with van der Waals surface area (Å²) in [5.41, 5.74) is 4.09. The first-order valence-electron chi connectivity index (χ1n) is 8.03. The maximum Gasteiger partial charge on any atom is 0.194 e. The molecule has 5 nitrogen and oxygen atoms in total. The minimum atomic E-state index is 0. The summed E-state index contributed by atoms with van der Waals surface area (Å²) in [5, 5.41) is 4.26. The lowest BCUT2D eigenvalue weighted by atomic mass is 10.2. The number of aromatic nitrogens is 1. The molecule has 1 aliphatic heterocycles. The number of thiazole rings is 1. The molecule has 0 aliphatic carbocycles. The van der Waals surface area contributed by atoms with E-state index < -0.39 is 0 Å². The third kappa shape index (κ3) is 4.98. The Balaban J connectivity index is 0.00000225. The van der Waals surface area contributed by atoms with Gasteiger partial charge in [0.25, 0.3) is 0 Å². The minimum Gasteiger partial charge on any atom is -0.367 e. The molecule has 2 heterocycles. The highest BCUT2D eigenvalue weighted by molar-refractivity contribution is 14.0. The number of halogens is 2. The fourth-order valence-electron chi connectivity index (χ4n) is 2.85. The molecular weight excluding hydrogens is 469 g/mol. The van der Waals surface area contributed by atoms with Gasteiger partial charge >= 0.3 is 0 Å². The SMILES string of the molecule is CN=C(NCc1scnc1C)N1CCN(c2ccccc2Cl)CC1.I. The molecule has 0 amide bonds. The molecule has 2 aromatic rings. The third-order valence-electron chi connectivity index (χ3n) is 4.24. The minimum absolute atomic E-state index is 0. The summed E-state index contributed by atoms with van der Waals surface area (Å²) in [7, 11) is 1.84. The molecular formula is C17H23ClIN5S. The summed E-state index contributed by atoms with van der Waals surface area (Å²) in [6, 6.07) is 8.03. The molecule has 1 N–H and O–H groups in total. The number of para-hydroxylation sites is 1. The van der Waals surface area contributed by atoms with E-state index in [0.29, 0.717) is 0 Å². The van der Waals surface area contributed by atoms with Crippen LogP contribution in [-0.4, -0.2) is 49.1 Å². The first kappa shape index (κ1) is 20.3. The number of nitrogens with one attached hydrogen (secondary N) is 1. The van der Waals surface area contributed by atoms with Gasteiger partial charge in [-0.15, -0.1) is 35.3 Å². The van der Waals surface area contributed by atoms with Crippen molar-refractivity contribution in [1.82, 2.24) is 15.2 Å². The van der Waals surface area contributed by atoms with Crippen molar-refractivity contribution in [2.45, 2.75) is 13.5 Å². The van der Waals surface area contributed by atoms with Gasteiger partial charge in [0, 0.05) is 38.1 Å². The van der Waals surface area contributed by atoms with Crippen molar-refractivity contribution in [2.24, 2.45) is 4.99 Å². The van der Waals surface area contributed by atoms with Crippen LogP contribution >= 0.6 is 46.9 Å². The van der Waals surface area contributed by atoms with E-state index in [9.17, 15) is 0 Å². The first-order chi connectivity index (χ1) is 11.7. The zero-order valence-electron chi connectivity index (χ0n) is 14.4. The smallest absolute Gasteiger partial charge is 0.194 e. The summed E-state index contributed by atoms with van der Waals surface area (Å²) in [5.74, 6) is 0.946. The summed E-state index contributed by atoms with van der Waals surface area (Å²) in [6.07, 6.45) is 0. The van der Waals surface area contributed by atoms with Crippen LogP contribution in [-0.2, 0) is 6.54 Å². The highest BCUT2D eigenvalue weighted by atomic mass is 127. The summed E-state index contributed by atoms with van der Waals surface area (Å²) < 4.78 is 0. The number of aliphatic imine (C=N–C) groups is 1. The van der Waals surface area contributed by atoms with Crippen molar-refractivity contribution in [2.75, 3.05) is 38.1 Å². The van der Waals surface area contributed by atoms with Crippen LogP contribution in [0.1, 0.15) is 10.6 Å². The predicted octanol–water partition coefficient (Wildman–Crippen LogP) is 3.62. The second kappa shape index (κ2) is 9.59. The Morgan fingerprint density at radius 2 is 2.00 bits per heavy atom. The van der Waals surface area contributed by atoms with Gasteiger partial charge in [-0.05, 0) is 19.1 Å². The van der Waals surface area contributed by atoms with Gasteiger partial charge in [0.15, 0.2) is 5.96 Å². The van der Waals surface area contributed by atoms with E-state index in [0.717, 1.165) is 55.1 Å². The van der Waals surface area contributed by atoms with Gasteiger partial charge < -0.3 is 15.1 Å². The van der Waals surface area contributed by atoms with E-state index in [1.807, 2.05) is 37.7 Å². The standard InChI is InChI=1S/C17H22ClN5S.HI/c1-13-16(24-12-21-13)11-20-17(19-2)23-9-7-22(8-10-23)15-6-4-3-5-14(15)18;/h3-6,12H,7-11H2,1-2H3,(H,19,20);1H. The molecule has 25 heavy (non-hydrogen) atoms. The maximum absolute atomic E-state index is 6.31. The number of hydrogen-bond donors (Lipinski definition) is 1. The highest BCUT2D eigenvalue weighted by Crippen LogP contribution is 2.26. The normalized spacial score (nSPS) is 15.1. The van der Waals surface area contributed by atoms with Crippen molar-refractivity contribution in [1.29, 1.82) is 0 Å². The molecule has 0 spiro atoms. The Morgan fingerprint density at radius 1 is 1.28 bits per heavy atom. The van der Waals surface area contributed by atoms with Crippen LogP contribution < -0.4 is 10.2 Å². The molecule has 1 aromatic heterocycles. The molecule has 8 heteroatoms. The van der Waals surface area contributed by atoms with Crippen LogP contribution in [0.15, 0.2) is 34.8 Å². The maximum atomic E-state index is 6.31. The highest BCUT2D eigenvalue weighted by Gasteiger charge is 2.21. The molecule has 0 radical (unpaired) electrons. The Kier molecular flexibility index (Phi) is 7.77. The van der Waals surface area contributed by atoms with Crippen molar-refractivity contribution in [3.63, 3.8) is 0 Å². The number of piperazine rings is 1. The van der Waals surface area contributed by atoms with E-state index in [-0.39, 0.29) is 24.0 Å². The van der Waals surface area contributed by atoms with Crippen LogP contribution in [0.25, 0.3) is 0 Å². The molecule has 1 aromatic carbocycles. The van der Waals surface area contributed by atoms with Crippen LogP contribution in [0.2, 0.25) is 5.02 Å². The van der Waals surface area contributed by atoms with E-state index in [2.05, 4.69) is 31.2 Å². The Labute approximate surface area is 175 Å². The van der Waals surface area contributed by atoms with Crippen molar-refractivity contribution >= 4 is 58.6 Å². The third-order valence-corrected chi connectivity index (χ3v) is 5.49. The Morgan fingerprint density at radius 3 is 2.60 bits per heavy atom. The molecule has 1 saturated heterocycles. The van der Waals surface area contributed by atoms with Crippen LogP contribution in [0.4, 0.5) is 5.69 Å². The van der Waals surface area contributed by atoms with Crippen molar-refractivity contribution in [3.8, 4) is 0 Å². The topological polar surface area (TPSA) is 43.8 Å². The number of aryl methyl sites for hydroxylation is 1. The molecule has 1 aliphatic rings. The predicted molar refractivity (Wildman–Crippen MR) is 118 cm³/mol. The first-order valence-corrected chi connectivity index (χ1v) is 9.29. The fourth-order valence-corrected chi connectivity index (χ4v) is 3.83. The molecule has 0 bridgehead atoms. The van der Waals surface area contributed by atoms with Gasteiger partial charge in [0.2, 0.25) is 0 Å². The molecule has 0 unspecified atom stereocenters. The van der Waals surface area contributed by atoms with Gasteiger partial charge in [0.1, 0.15) is 0 Å². The van der Waals surface area contributed by atoms with Crippen LogP contribution in [0, 0.1) is 6.92 Å².